The summed E-state index contributed by atoms with van der Waals surface area (Å²) in [5, 5.41) is 21.3. The first-order valence-corrected chi connectivity index (χ1v) is 14.6. The maximum absolute atomic E-state index is 14.1. The minimum atomic E-state index is -5.06. The number of hydrogen-bond acceptors (Lipinski definition) is 8. The number of hydrogen-bond donors (Lipinski definition) is 1. The van der Waals surface area contributed by atoms with E-state index in [0.717, 1.165) is 30.5 Å². The fourth-order valence-corrected chi connectivity index (χ4v) is 5.89. The second kappa shape index (κ2) is 13.9. The van der Waals surface area contributed by atoms with E-state index in [-0.39, 0.29) is 66.5 Å². The Bertz CT molecular complexity index is 1500. The second-order valence-electron chi connectivity index (χ2n) is 11.6. The van der Waals surface area contributed by atoms with Crippen LogP contribution >= 0.6 is 12.4 Å². The molecule has 1 N–H and O–H groups in total. The lowest BCUT2D eigenvalue weighted by Crippen LogP contribution is -2.33. The van der Waals surface area contributed by atoms with Crippen LogP contribution in [-0.4, -0.2) is 51.3 Å². The van der Waals surface area contributed by atoms with Gasteiger partial charge in [-0.15, -0.1) is 26.3 Å². The number of anilines is 2. The zero-order valence-corrected chi connectivity index (χ0v) is 26.1. The average Bonchev–Trinajstić information content (AvgIpc) is 3.55. The van der Waals surface area contributed by atoms with Gasteiger partial charge in [0.1, 0.15) is 0 Å². The number of alkyl halides is 8. The molecule has 0 unspecified atom stereocenters. The largest absolute Gasteiger partial charge is 0.586 e. The Morgan fingerprint density at radius 1 is 0.872 bits per heavy atom. The quantitative estimate of drug-likeness (QED) is 0.231. The number of nitrogens with zero attached hydrogens (tertiary/aromatic N) is 6. The Morgan fingerprint density at radius 3 is 1.96 bits per heavy atom. The van der Waals surface area contributed by atoms with Gasteiger partial charge in [0.2, 0.25) is 0 Å². The molecule has 0 radical (unpaired) electrons. The van der Waals surface area contributed by atoms with Crippen LogP contribution in [0.5, 0.6) is 11.5 Å². The highest BCUT2D eigenvalue weighted by Gasteiger charge is 2.44. The van der Waals surface area contributed by atoms with Crippen molar-refractivity contribution >= 4 is 24.0 Å². The molecule has 0 amide bonds. The van der Waals surface area contributed by atoms with Crippen molar-refractivity contribution in [3.05, 3.63) is 52.6 Å². The first-order valence-electron chi connectivity index (χ1n) is 14.6. The molecule has 1 aromatic heterocycles. The van der Waals surface area contributed by atoms with Gasteiger partial charge in [-0.2, -0.15) is 31.1 Å². The van der Waals surface area contributed by atoms with Crippen molar-refractivity contribution in [1.29, 1.82) is 0 Å². The maximum atomic E-state index is 14.1. The van der Waals surface area contributed by atoms with Crippen molar-refractivity contribution in [1.82, 2.24) is 20.2 Å². The smallest absolute Gasteiger partial charge is 0.396 e. The molecule has 0 spiro atoms. The van der Waals surface area contributed by atoms with Gasteiger partial charge in [-0.3, -0.25) is 0 Å². The molecule has 0 saturated heterocycles. The summed E-state index contributed by atoms with van der Waals surface area (Å²) in [5.41, 5.74) is -2.48. The van der Waals surface area contributed by atoms with Gasteiger partial charge in [-0.25, -0.2) is 0 Å². The summed E-state index contributed by atoms with van der Waals surface area (Å²) >= 11 is 0. The molecule has 3 aromatic rings. The third kappa shape index (κ3) is 8.66. The zero-order valence-electron chi connectivity index (χ0n) is 25.3. The van der Waals surface area contributed by atoms with Gasteiger partial charge < -0.3 is 24.4 Å². The topological polar surface area (TPSA) is 88.8 Å². The van der Waals surface area contributed by atoms with E-state index in [2.05, 4.69) is 20.1 Å². The molecule has 47 heavy (non-hydrogen) atoms. The Kier molecular flexibility index (Phi) is 10.7. The highest BCUT2D eigenvalue weighted by atomic mass is 35.5. The molecule has 9 nitrogen and oxygen atoms in total. The van der Waals surface area contributed by atoms with Gasteiger partial charge in [0.05, 0.1) is 18.2 Å². The number of fused-ring (bicyclic) bond motifs is 1. The van der Waals surface area contributed by atoms with Crippen molar-refractivity contribution in [2.24, 2.45) is 18.9 Å². The van der Waals surface area contributed by atoms with Crippen LogP contribution < -0.4 is 19.3 Å². The highest BCUT2D eigenvalue weighted by molar-refractivity contribution is 5.85. The van der Waals surface area contributed by atoms with E-state index in [1.165, 1.54) is 24.1 Å². The fourth-order valence-electron chi connectivity index (χ4n) is 5.89. The minimum absolute atomic E-state index is 0. The van der Waals surface area contributed by atoms with Gasteiger partial charge in [-0.1, -0.05) is 5.10 Å². The second-order valence-corrected chi connectivity index (χ2v) is 11.6. The molecular weight excluding hydrogens is 668 g/mol. The predicted molar refractivity (Wildman–Crippen MR) is 155 cm³/mol. The Hall–Kier alpha value is -3.60. The normalized spacial score (nSPS) is 19.0. The number of benzene rings is 2. The highest BCUT2D eigenvalue weighted by Crippen LogP contribution is 2.46. The van der Waals surface area contributed by atoms with E-state index < -0.39 is 36.3 Å². The van der Waals surface area contributed by atoms with E-state index in [1.807, 2.05) is 11.8 Å². The third-order valence-electron chi connectivity index (χ3n) is 8.19. The van der Waals surface area contributed by atoms with Crippen LogP contribution in [-0.2, 0) is 32.5 Å². The summed E-state index contributed by atoms with van der Waals surface area (Å²) in [6.45, 7) is 2.20. The molecule has 5 rings (SSSR count). The molecule has 2 aromatic carbocycles. The van der Waals surface area contributed by atoms with E-state index in [4.69, 9.17) is 4.74 Å². The minimum Gasteiger partial charge on any atom is -0.396 e. The average molecular weight is 701 g/mol. The van der Waals surface area contributed by atoms with Crippen LogP contribution in [0.4, 0.5) is 46.8 Å². The molecule has 18 heteroatoms. The van der Waals surface area contributed by atoms with Crippen molar-refractivity contribution in [2.45, 2.75) is 64.3 Å². The molecule has 1 aliphatic carbocycles. The number of halogens is 9. The van der Waals surface area contributed by atoms with E-state index in [9.17, 15) is 40.2 Å². The SMILES string of the molecule is CCN(C[C@H]1CC[C@H](CO)CC1)c1cc2c(cc1CN(Cc1cc(C(F)(F)F)cc(C(F)(F)F)c1)c1nnn(C)n1)OC(F)(F)O2.Cl. The van der Waals surface area contributed by atoms with Crippen LogP contribution in [0.2, 0.25) is 0 Å². The van der Waals surface area contributed by atoms with Crippen molar-refractivity contribution in [2.75, 3.05) is 29.5 Å². The maximum Gasteiger partial charge on any atom is 0.586 e. The summed E-state index contributed by atoms with van der Waals surface area (Å²) in [6.07, 6.45) is -10.7. The summed E-state index contributed by atoms with van der Waals surface area (Å²) in [4.78, 5) is 4.33. The molecule has 1 aliphatic heterocycles. The number of aliphatic hydroxyl groups is 1. The Balaban J connectivity index is 0.00000500. The van der Waals surface area contributed by atoms with Crippen LogP contribution in [0, 0.1) is 11.8 Å². The molecule has 1 fully saturated rings. The van der Waals surface area contributed by atoms with Crippen molar-refractivity contribution in [3.8, 4) is 11.5 Å². The van der Waals surface area contributed by atoms with Gasteiger partial charge in [-0.05, 0) is 85.0 Å². The van der Waals surface area contributed by atoms with Gasteiger partial charge in [0.25, 0.3) is 5.95 Å². The molecule has 0 atom stereocenters. The molecule has 2 heterocycles. The van der Waals surface area contributed by atoms with Crippen molar-refractivity contribution < 1.29 is 49.7 Å². The number of ether oxygens (including phenoxy) is 2. The molecule has 0 bridgehead atoms. The number of aromatic nitrogens is 4. The van der Waals surface area contributed by atoms with Crippen molar-refractivity contribution in [3.63, 3.8) is 0 Å². The van der Waals surface area contributed by atoms with Crippen LogP contribution in [0.15, 0.2) is 30.3 Å². The van der Waals surface area contributed by atoms with Crippen LogP contribution in [0.25, 0.3) is 0 Å². The first kappa shape index (κ1) is 36.2. The summed E-state index contributed by atoms with van der Waals surface area (Å²) < 4.78 is 119. The lowest BCUT2D eigenvalue weighted by atomic mass is 9.82. The van der Waals surface area contributed by atoms with Crippen LogP contribution in [0.3, 0.4) is 0 Å². The molecule has 1 saturated carbocycles. The number of rotatable bonds is 10. The van der Waals surface area contributed by atoms with Gasteiger partial charge in [0.15, 0.2) is 11.5 Å². The Morgan fingerprint density at radius 2 is 1.45 bits per heavy atom. The third-order valence-corrected chi connectivity index (χ3v) is 8.19. The number of tetrazole rings is 1. The summed E-state index contributed by atoms with van der Waals surface area (Å²) in [6, 6.07) is 3.97. The zero-order chi connectivity index (χ0) is 33.4. The van der Waals surface area contributed by atoms with E-state index in [1.54, 1.807) is 0 Å². The molecule has 260 valence electrons. The lowest BCUT2D eigenvalue weighted by Gasteiger charge is -2.34. The van der Waals surface area contributed by atoms with Gasteiger partial charge >= 0.3 is 18.6 Å². The molecular formula is C29H33ClF8N6O3. The molecule has 2 aliphatic rings. The van der Waals surface area contributed by atoms with E-state index >= 15 is 0 Å². The summed E-state index contributed by atoms with van der Waals surface area (Å²) in [7, 11) is 1.43. The predicted octanol–water partition coefficient (Wildman–Crippen LogP) is 6.82. The monoisotopic (exact) mass is 700 g/mol. The van der Waals surface area contributed by atoms with Crippen LogP contribution in [0.1, 0.15) is 54.9 Å². The lowest BCUT2D eigenvalue weighted by molar-refractivity contribution is -0.286. The van der Waals surface area contributed by atoms with Gasteiger partial charge in [0, 0.05) is 44.5 Å². The summed E-state index contributed by atoms with van der Waals surface area (Å²) in [5.74, 6) is -0.174. The first-order chi connectivity index (χ1) is 21.5. The van der Waals surface area contributed by atoms with E-state index in [0.29, 0.717) is 36.5 Å². The number of aryl methyl sites for hydroxylation is 1. The standard InChI is InChI=1S/C29H32F8N6O3.ClH/c1-3-42(13-17-4-6-18(16-44)7-5-17)23-12-25-24(45-29(36,37)46-25)10-20(23)15-43(26-38-40-41(2)39-26)14-19-8-21(27(30,31)32)11-22(9-19)28(33,34)35;/h8-12,17-18,44H,3-7,13-16H2,1-2H3;1H/t17-,18-;. The fraction of sp³-hybridized carbons (Fsp3) is 0.552. The Labute approximate surface area is 270 Å². The number of aliphatic hydroxyl groups excluding tert-OH is 1.